The van der Waals surface area contributed by atoms with Gasteiger partial charge >= 0.3 is 0 Å². The Kier molecular flexibility index (Phi) is 3.37. The largest absolute Gasteiger partial charge is 0.358 e. The third kappa shape index (κ3) is 2.07. The van der Waals surface area contributed by atoms with Crippen molar-refractivity contribution in [3.05, 3.63) is 71.0 Å². The van der Waals surface area contributed by atoms with Crippen molar-refractivity contribution >= 4 is 44.8 Å². The van der Waals surface area contributed by atoms with Gasteiger partial charge < -0.3 is 9.97 Å². The first-order valence-corrected chi connectivity index (χ1v) is 9.21. The van der Waals surface area contributed by atoms with Gasteiger partial charge in [0.15, 0.2) is 0 Å². The summed E-state index contributed by atoms with van der Waals surface area (Å²) in [5, 5.41) is 1.89. The molecule has 2 aromatic carbocycles. The van der Waals surface area contributed by atoms with E-state index in [-0.39, 0.29) is 11.8 Å². The molecule has 2 N–H and O–H groups in total. The number of hydrogen-bond acceptors (Lipinski definition) is 2. The van der Waals surface area contributed by atoms with Gasteiger partial charge in [0.1, 0.15) is 0 Å². The third-order valence-electron chi connectivity index (χ3n) is 5.57. The lowest BCUT2D eigenvalue weighted by Gasteiger charge is -2.06. The number of rotatable bonds is 2. The second kappa shape index (κ2) is 5.70. The molecule has 0 atom stereocenters. The molecule has 2 aromatic heterocycles. The van der Waals surface area contributed by atoms with Crippen molar-refractivity contribution in [1.82, 2.24) is 14.9 Å². The molecule has 0 aliphatic carbocycles. The lowest BCUT2D eigenvalue weighted by molar-refractivity contribution is -0.134. The predicted molar refractivity (Wildman–Crippen MR) is 111 cm³/mol. The number of nitrogens with one attached hydrogen (secondary N) is 2. The average Bonchev–Trinajstić information content (AvgIpc) is 3.26. The van der Waals surface area contributed by atoms with Gasteiger partial charge in [-0.05, 0) is 26.0 Å². The molecule has 0 radical (unpaired) electrons. The number of hydrogen-bond donors (Lipinski definition) is 2. The van der Waals surface area contributed by atoms with Gasteiger partial charge in [-0.15, -0.1) is 0 Å². The van der Waals surface area contributed by atoms with Crippen molar-refractivity contribution in [2.45, 2.75) is 13.8 Å². The van der Waals surface area contributed by atoms with Crippen LogP contribution < -0.4 is 0 Å². The molecule has 0 bridgehead atoms. The highest BCUT2D eigenvalue weighted by molar-refractivity contribution is 6.50. The summed E-state index contributed by atoms with van der Waals surface area (Å²) >= 11 is 0. The molecule has 1 aliphatic rings. The lowest BCUT2D eigenvalue weighted by Crippen LogP contribution is -2.26. The second-order valence-electron chi connectivity index (χ2n) is 7.26. The van der Waals surface area contributed by atoms with E-state index in [1.165, 1.54) is 4.90 Å². The first-order valence-electron chi connectivity index (χ1n) is 9.21. The number of aromatic nitrogens is 2. The fourth-order valence-corrected chi connectivity index (χ4v) is 4.30. The minimum atomic E-state index is -0.266. The van der Waals surface area contributed by atoms with Crippen LogP contribution in [0, 0.1) is 13.8 Å². The highest BCUT2D eigenvalue weighted by atomic mass is 16.2. The molecular formula is C23H19N3O2. The molecular weight excluding hydrogens is 350 g/mol. The van der Waals surface area contributed by atoms with Crippen molar-refractivity contribution in [3.63, 3.8) is 0 Å². The van der Waals surface area contributed by atoms with Crippen LogP contribution >= 0.6 is 0 Å². The molecule has 28 heavy (non-hydrogen) atoms. The number of nitrogens with zero attached hydrogens (tertiary/aromatic N) is 1. The van der Waals surface area contributed by atoms with Gasteiger partial charge in [0, 0.05) is 51.4 Å². The Bertz CT molecular complexity index is 1230. The summed E-state index contributed by atoms with van der Waals surface area (Å²) in [5.41, 5.74) is 6.20. The molecule has 4 aromatic rings. The van der Waals surface area contributed by atoms with E-state index >= 15 is 0 Å². The van der Waals surface area contributed by atoms with Crippen LogP contribution in [0.15, 0.2) is 48.5 Å². The molecule has 0 saturated heterocycles. The van der Waals surface area contributed by atoms with Crippen LogP contribution in [0.5, 0.6) is 0 Å². The molecule has 1 aliphatic heterocycles. The predicted octanol–water partition coefficient (Wildman–Crippen LogP) is 4.18. The number of imide groups is 1. The Labute approximate surface area is 161 Å². The molecule has 0 spiro atoms. The Hall–Kier alpha value is -3.60. The summed E-state index contributed by atoms with van der Waals surface area (Å²) < 4.78 is 0. The van der Waals surface area contributed by atoms with Gasteiger partial charge in [-0.3, -0.25) is 14.5 Å². The minimum absolute atomic E-state index is 0.266. The van der Waals surface area contributed by atoms with Crippen LogP contribution in [0.4, 0.5) is 0 Å². The number of aryl methyl sites for hydroxylation is 2. The minimum Gasteiger partial charge on any atom is -0.358 e. The summed E-state index contributed by atoms with van der Waals surface area (Å²) in [5.74, 6) is -0.532. The molecule has 138 valence electrons. The zero-order valence-corrected chi connectivity index (χ0v) is 15.9. The Morgan fingerprint density at radius 2 is 1.07 bits per heavy atom. The zero-order valence-electron chi connectivity index (χ0n) is 15.9. The number of H-pyrrole nitrogens is 2. The van der Waals surface area contributed by atoms with E-state index < -0.39 is 0 Å². The highest BCUT2D eigenvalue weighted by Crippen LogP contribution is 2.42. The van der Waals surface area contributed by atoms with E-state index in [4.69, 9.17) is 0 Å². The summed E-state index contributed by atoms with van der Waals surface area (Å²) in [6, 6.07) is 15.7. The number of fused-ring (bicyclic) bond motifs is 2. The first kappa shape index (κ1) is 16.6. The van der Waals surface area contributed by atoms with Gasteiger partial charge in [0.2, 0.25) is 0 Å². The zero-order chi connectivity index (χ0) is 19.6. The van der Waals surface area contributed by atoms with Crippen LogP contribution in [0.3, 0.4) is 0 Å². The van der Waals surface area contributed by atoms with Crippen LogP contribution in [0.2, 0.25) is 0 Å². The van der Waals surface area contributed by atoms with Crippen LogP contribution in [-0.4, -0.2) is 33.7 Å². The number of amides is 2. The number of aromatic amines is 2. The molecule has 0 unspecified atom stereocenters. The number of carbonyl (C=O) groups is 2. The van der Waals surface area contributed by atoms with Gasteiger partial charge in [0.25, 0.3) is 11.8 Å². The molecule has 5 rings (SSSR count). The van der Waals surface area contributed by atoms with Crippen LogP contribution in [0.25, 0.3) is 33.0 Å². The Morgan fingerprint density at radius 1 is 0.679 bits per heavy atom. The van der Waals surface area contributed by atoms with Crippen molar-refractivity contribution in [3.8, 4) is 0 Å². The van der Waals surface area contributed by atoms with Gasteiger partial charge in [-0.2, -0.15) is 0 Å². The normalized spacial score (nSPS) is 14.9. The van der Waals surface area contributed by atoms with Crippen molar-refractivity contribution in [2.75, 3.05) is 7.05 Å². The maximum atomic E-state index is 13.2. The molecule has 3 heterocycles. The number of benzene rings is 2. The third-order valence-corrected chi connectivity index (χ3v) is 5.57. The van der Waals surface area contributed by atoms with Crippen LogP contribution in [-0.2, 0) is 9.59 Å². The van der Waals surface area contributed by atoms with Gasteiger partial charge in [-0.1, -0.05) is 36.4 Å². The van der Waals surface area contributed by atoms with Gasteiger partial charge in [0.05, 0.1) is 11.1 Å². The van der Waals surface area contributed by atoms with Crippen LogP contribution in [0.1, 0.15) is 22.5 Å². The first-order chi connectivity index (χ1) is 13.5. The van der Waals surface area contributed by atoms with E-state index in [0.717, 1.165) is 44.3 Å². The maximum Gasteiger partial charge on any atom is 0.262 e. The van der Waals surface area contributed by atoms with Crippen molar-refractivity contribution < 1.29 is 9.59 Å². The van der Waals surface area contributed by atoms with E-state index in [1.54, 1.807) is 7.05 Å². The molecule has 0 fully saturated rings. The standard InChI is InChI=1S/C23H19N3O2/c1-12-18(14-8-4-6-10-16(14)24-12)20-21(23(28)26(3)22(20)27)19-13(2)25-17-11-7-5-9-15(17)19/h4-11,24-25H,1-3H3. The maximum absolute atomic E-state index is 13.2. The topological polar surface area (TPSA) is 69.0 Å². The summed E-state index contributed by atoms with van der Waals surface area (Å²) in [7, 11) is 1.55. The monoisotopic (exact) mass is 369 g/mol. The summed E-state index contributed by atoms with van der Waals surface area (Å²) in [6.45, 7) is 3.89. The lowest BCUT2D eigenvalue weighted by atomic mass is 9.93. The second-order valence-corrected chi connectivity index (χ2v) is 7.26. The molecule has 5 heteroatoms. The molecule has 2 amide bonds. The van der Waals surface area contributed by atoms with Crippen molar-refractivity contribution in [1.29, 1.82) is 0 Å². The Morgan fingerprint density at radius 3 is 1.50 bits per heavy atom. The van der Waals surface area contributed by atoms with Gasteiger partial charge in [-0.25, -0.2) is 0 Å². The smallest absolute Gasteiger partial charge is 0.262 e. The van der Waals surface area contributed by atoms with E-state index in [1.807, 2.05) is 62.4 Å². The fraction of sp³-hybridized carbons (Fsp3) is 0.130. The molecule has 0 saturated carbocycles. The SMILES string of the molecule is Cc1[nH]c2ccccc2c1C1=C(c2c(C)[nH]c3ccccc23)C(=O)N(C)C1=O. The number of likely N-dealkylation sites (N-methyl/N-ethyl adjacent to an activating group) is 1. The van der Waals surface area contributed by atoms with E-state index in [0.29, 0.717) is 11.1 Å². The van der Waals surface area contributed by atoms with E-state index in [2.05, 4.69) is 9.97 Å². The number of carbonyl (C=O) groups excluding carboxylic acids is 2. The summed E-state index contributed by atoms with van der Waals surface area (Å²) in [6.07, 6.45) is 0. The quantitative estimate of drug-likeness (QED) is 0.521. The fourth-order valence-electron chi connectivity index (χ4n) is 4.30. The van der Waals surface area contributed by atoms with E-state index in [9.17, 15) is 9.59 Å². The Balaban J connectivity index is 1.93. The average molecular weight is 369 g/mol. The molecule has 5 nitrogen and oxygen atoms in total. The summed E-state index contributed by atoms with van der Waals surface area (Å²) in [4.78, 5) is 34.3. The highest BCUT2D eigenvalue weighted by Gasteiger charge is 2.40. The number of para-hydroxylation sites is 2. The van der Waals surface area contributed by atoms with Crippen molar-refractivity contribution in [2.24, 2.45) is 0 Å².